The van der Waals surface area contributed by atoms with Crippen molar-refractivity contribution in [2.45, 2.75) is 6.92 Å². The van der Waals surface area contributed by atoms with Gasteiger partial charge >= 0.3 is 0 Å². The van der Waals surface area contributed by atoms with Crippen molar-refractivity contribution in [2.24, 2.45) is 0 Å². The third-order valence-corrected chi connectivity index (χ3v) is 5.02. The third kappa shape index (κ3) is 3.00. The summed E-state index contributed by atoms with van der Waals surface area (Å²) in [5.41, 5.74) is 2.67. The lowest BCUT2D eigenvalue weighted by molar-refractivity contribution is 0.0746. The molecule has 3 heterocycles. The van der Waals surface area contributed by atoms with Gasteiger partial charge in [-0.3, -0.25) is 9.20 Å². The van der Waals surface area contributed by atoms with E-state index in [1.54, 1.807) is 0 Å². The van der Waals surface area contributed by atoms with Crippen LogP contribution in [0.5, 0.6) is 0 Å². The van der Waals surface area contributed by atoms with Crippen molar-refractivity contribution >= 4 is 33.4 Å². The molecule has 1 aliphatic rings. The molecule has 1 saturated heterocycles. The molecule has 0 radical (unpaired) electrons. The average Bonchev–Trinajstić information content (AvgIpc) is 3.07. The topological polar surface area (TPSA) is 53.7 Å². The summed E-state index contributed by atoms with van der Waals surface area (Å²) < 4.78 is 2.98. The number of piperazine rings is 1. The fraction of sp³-hybridized carbons (Fsp3) is 0.278. The van der Waals surface area contributed by atoms with Gasteiger partial charge in [0.2, 0.25) is 5.95 Å². The maximum Gasteiger partial charge on any atom is 0.254 e. The number of benzene rings is 1. The van der Waals surface area contributed by atoms with E-state index in [2.05, 4.69) is 35.4 Å². The first-order valence-electron chi connectivity index (χ1n) is 8.24. The van der Waals surface area contributed by atoms with Crippen molar-refractivity contribution in [1.82, 2.24) is 19.5 Å². The summed E-state index contributed by atoms with van der Waals surface area (Å²) in [4.78, 5) is 16.8. The van der Waals surface area contributed by atoms with Gasteiger partial charge < -0.3 is 9.80 Å². The van der Waals surface area contributed by atoms with Gasteiger partial charge in [-0.1, -0.05) is 28.1 Å². The SMILES string of the molecule is Cc1cccc2nnc(N3CCN(C(=O)c4cccc(Br)c4)CC3)n12. The zero-order chi connectivity index (χ0) is 17.4. The molecule has 0 N–H and O–H groups in total. The number of aryl methyl sites for hydroxylation is 1. The van der Waals surface area contributed by atoms with Crippen LogP contribution >= 0.6 is 15.9 Å². The van der Waals surface area contributed by atoms with Gasteiger partial charge in [0.1, 0.15) is 0 Å². The maximum atomic E-state index is 12.7. The smallest absolute Gasteiger partial charge is 0.254 e. The molecule has 1 fully saturated rings. The van der Waals surface area contributed by atoms with E-state index in [4.69, 9.17) is 0 Å². The van der Waals surface area contributed by atoms with Crippen molar-refractivity contribution in [2.75, 3.05) is 31.1 Å². The van der Waals surface area contributed by atoms with Crippen molar-refractivity contribution in [3.05, 3.63) is 58.2 Å². The van der Waals surface area contributed by atoms with Gasteiger partial charge in [-0.05, 0) is 37.3 Å². The predicted molar refractivity (Wildman–Crippen MR) is 100.0 cm³/mol. The number of carbonyl (C=O) groups excluding carboxylic acids is 1. The van der Waals surface area contributed by atoms with Crippen LogP contribution in [0.1, 0.15) is 16.1 Å². The van der Waals surface area contributed by atoms with E-state index in [0.717, 1.165) is 34.9 Å². The molecule has 1 aliphatic heterocycles. The lowest BCUT2D eigenvalue weighted by Crippen LogP contribution is -2.49. The second-order valence-corrected chi connectivity index (χ2v) is 7.07. The number of pyridine rings is 1. The summed E-state index contributed by atoms with van der Waals surface area (Å²) >= 11 is 3.42. The van der Waals surface area contributed by atoms with Crippen LogP contribution in [0.4, 0.5) is 5.95 Å². The van der Waals surface area contributed by atoms with E-state index in [0.29, 0.717) is 18.7 Å². The predicted octanol–water partition coefficient (Wildman–Crippen LogP) is 2.76. The number of carbonyl (C=O) groups is 1. The summed E-state index contributed by atoms with van der Waals surface area (Å²) in [6.45, 7) is 4.88. The fourth-order valence-corrected chi connectivity index (χ4v) is 3.60. The first-order valence-corrected chi connectivity index (χ1v) is 9.03. The Balaban J connectivity index is 1.50. The zero-order valence-electron chi connectivity index (χ0n) is 13.9. The second kappa shape index (κ2) is 6.48. The molecule has 0 saturated carbocycles. The summed E-state index contributed by atoms with van der Waals surface area (Å²) in [6, 6.07) is 13.5. The Morgan fingerprint density at radius 2 is 1.80 bits per heavy atom. The summed E-state index contributed by atoms with van der Waals surface area (Å²) in [5.74, 6) is 0.922. The molecule has 128 valence electrons. The Morgan fingerprint density at radius 1 is 1.04 bits per heavy atom. The number of hydrogen-bond acceptors (Lipinski definition) is 4. The van der Waals surface area contributed by atoms with Crippen LogP contribution in [0.2, 0.25) is 0 Å². The Labute approximate surface area is 154 Å². The van der Waals surface area contributed by atoms with Gasteiger partial charge in [-0.15, -0.1) is 10.2 Å². The largest absolute Gasteiger partial charge is 0.337 e. The number of anilines is 1. The molecule has 3 aromatic rings. The molecule has 6 nitrogen and oxygen atoms in total. The highest BCUT2D eigenvalue weighted by atomic mass is 79.9. The molecule has 4 rings (SSSR count). The Kier molecular flexibility index (Phi) is 4.17. The summed E-state index contributed by atoms with van der Waals surface area (Å²) in [6.07, 6.45) is 0. The Morgan fingerprint density at radius 3 is 2.56 bits per heavy atom. The summed E-state index contributed by atoms with van der Waals surface area (Å²) in [5, 5.41) is 8.60. The molecule has 0 aliphatic carbocycles. The first-order chi connectivity index (χ1) is 12.1. The minimum absolute atomic E-state index is 0.0724. The normalized spacial score (nSPS) is 15.0. The van der Waals surface area contributed by atoms with Crippen molar-refractivity contribution in [3.63, 3.8) is 0 Å². The summed E-state index contributed by atoms with van der Waals surface area (Å²) in [7, 11) is 0. The van der Waals surface area contributed by atoms with Crippen molar-refractivity contribution in [3.8, 4) is 0 Å². The first kappa shape index (κ1) is 16.1. The molecule has 0 spiro atoms. The van der Waals surface area contributed by atoms with Crippen LogP contribution in [0.3, 0.4) is 0 Å². The molecular formula is C18H18BrN5O. The van der Waals surface area contributed by atoms with Crippen LogP contribution in [0.15, 0.2) is 46.9 Å². The van der Waals surface area contributed by atoms with Gasteiger partial charge in [0.25, 0.3) is 5.91 Å². The van der Waals surface area contributed by atoms with Crippen LogP contribution in [0, 0.1) is 6.92 Å². The van der Waals surface area contributed by atoms with Crippen LogP contribution < -0.4 is 4.90 Å². The highest BCUT2D eigenvalue weighted by Crippen LogP contribution is 2.19. The minimum Gasteiger partial charge on any atom is -0.337 e. The van der Waals surface area contributed by atoms with Crippen LogP contribution in [0.25, 0.3) is 5.65 Å². The van der Waals surface area contributed by atoms with E-state index in [-0.39, 0.29) is 5.91 Å². The molecular weight excluding hydrogens is 382 g/mol. The number of rotatable bonds is 2. The lowest BCUT2D eigenvalue weighted by Gasteiger charge is -2.34. The lowest BCUT2D eigenvalue weighted by atomic mass is 10.2. The Hall–Kier alpha value is -2.41. The molecule has 1 amide bonds. The molecule has 1 aromatic carbocycles. The molecule has 25 heavy (non-hydrogen) atoms. The molecule has 2 aromatic heterocycles. The standard InChI is InChI=1S/C18H18BrN5O/c1-13-4-2-7-16-20-21-18(24(13)16)23-10-8-22(9-11-23)17(25)14-5-3-6-15(19)12-14/h2-7,12H,8-11H2,1H3. The molecule has 0 unspecified atom stereocenters. The maximum absolute atomic E-state index is 12.7. The Bertz CT molecular complexity index is 930. The second-order valence-electron chi connectivity index (χ2n) is 6.15. The fourth-order valence-electron chi connectivity index (χ4n) is 3.20. The highest BCUT2D eigenvalue weighted by molar-refractivity contribution is 9.10. The van der Waals surface area contributed by atoms with E-state index in [1.807, 2.05) is 54.3 Å². The number of halogens is 1. The zero-order valence-corrected chi connectivity index (χ0v) is 15.5. The average molecular weight is 400 g/mol. The van der Waals surface area contributed by atoms with Gasteiger partial charge in [0.05, 0.1) is 0 Å². The molecule has 7 heteroatoms. The quantitative estimate of drug-likeness (QED) is 0.664. The van der Waals surface area contributed by atoms with E-state index in [1.165, 1.54) is 0 Å². The highest BCUT2D eigenvalue weighted by Gasteiger charge is 2.25. The number of aromatic nitrogens is 3. The van der Waals surface area contributed by atoms with Gasteiger partial charge in [-0.2, -0.15) is 0 Å². The van der Waals surface area contributed by atoms with Gasteiger partial charge in [-0.25, -0.2) is 0 Å². The third-order valence-electron chi connectivity index (χ3n) is 4.53. The number of hydrogen-bond donors (Lipinski definition) is 0. The van der Waals surface area contributed by atoms with E-state index < -0.39 is 0 Å². The van der Waals surface area contributed by atoms with Crippen LogP contribution in [-0.4, -0.2) is 51.6 Å². The number of fused-ring (bicyclic) bond motifs is 1. The number of amides is 1. The van der Waals surface area contributed by atoms with Crippen molar-refractivity contribution in [1.29, 1.82) is 0 Å². The monoisotopic (exact) mass is 399 g/mol. The van der Waals surface area contributed by atoms with Crippen LogP contribution in [-0.2, 0) is 0 Å². The number of nitrogens with zero attached hydrogens (tertiary/aromatic N) is 5. The van der Waals surface area contributed by atoms with E-state index in [9.17, 15) is 4.79 Å². The molecule has 0 atom stereocenters. The minimum atomic E-state index is 0.0724. The van der Waals surface area contributed by atoms with Crippen molar-refractivity contribution < 1.29 is 4.79 Å². The van der Waals surface area contributed by atoms with Gasteiger partial charge in [0, 0.05) is 41.9 Å². The van der Waals surface area contributed by atoms with E-state index >= 15 is 0 Å². The van der Waals surface area contributed by atoms with Gasteiger partial charge in [0.15, 0.2) is 5.65 Å². The molecule has 0 bridgehead atoms.